The molecular weight excluding hydrogens is 1090 g/mol. The van der Waals surface area contributed by atoms with E-state index >= 15 is 0 Å². The van der Waals surface area contributed by atoms with E-state index in [1.54, 1.807) is 0 Å². The van der Waals surface area contributed by atoms with E-state index in [0.717, 1.165) is 114 Å². The summed E-state index contributed by atoms with van der Waals surface area (Å²) in [4.78, 5) is 54.2. The van der Waals surface area contributed by atoms with Crippen molar-refractivity contribution in [1.82, 2.24) is 30.0 Å². The number of rotatable bonds is 10. The highest BCUT2D eigenvalue weighted by Gasteiger charge is 2.39. The Hall–Kier alpha value is -6.96. The maximum Gasteiger partial charge on any atom is 0.490 e. The van der Waals surface area contributed by atoms with Crippen molar-refractivity contribution >= 4 is 52.2 Å². The number of carbonyl (C=O) groups is 3. The quantitative estimate of drug-likeness (QED) is 0.111. The second kappa shape index (κ2) is 26.5. The van der Waals surface area contributed by atoms with Gasteiger partial charge in [0, 0.05) is 103 Å². The van der Waals surface area contributed by atoms with Crippen LogP contribution in [0.4, 0.5) is 72.1 Å². The number of likely N-dealkylation sites (tertiary alicyclic amines) is 2. The van der Waals surface area contributed by atoms with Crippen molar-refractivity contribution in [3.05, 3.63) is 95.3 Å². The van der Waals surface area contributed by atoms with Crippen molar-refractivity contribution in [1.29, 1.82) is 0 Å². The minimum atomic E-state index is -5.08. The summed E-state index contributed by atoms with van der Waals surface area (Å²) in [6, 6.07) is 19.0. The number of hydrogen-bond donors (Lipinski definition) is 4. The van der Waals surface area contributed by atoms with Gasteiger partial charge in [0.1, 0.15) is 11.6 Å². The van der Waals surface area contributed by atoms with Gasteiger partial charge in [-0.3, -0.25) is 4.90 Å². The number of nitrogens with zero attached hydrogens (tertiary/aromatic N) is 7. The number of aromatic nitrogens is 2. The minimum absolute atomic E-state index is 0.115. The summed E-state index contributed by atoms with van der Waals surface area (Å²) in [5.74, 6) is -2.06. The second-order valence-electron chi connectivity index (χ2n) is 21.2. The van der Waals surface area contributed by atoms with Gasteiger partial charge in [0.05, 0.1) is 37.8 Å². The fourth-order valence-electron chi connectivity index (χ4n) is 10.6. The molecule has 0 bridgehead atoms. The Balaban J connectivity index is 0.000000192. The number of hydrogen-bond acceptors (Lipinski definition) is 11. The third-order valence-electron chi connectivity index (χ3n) is 14.9. The molecule has 4 N–H and O–H groups in total. The molecule has 6 aliphatic heterocycles. The Morgan fingerprint density at radius 1 is 0.634 bits per heavy atom. The summed E-state index contributed by atoms with van der Waals surface area (Å²) < 4.78 is 119. The Labute approximate surface area is 469 Å². The van der Waals surface area contributed by atoms with Crippen molar-refractivity contribution in [2.75, 3.05) is 132 Å². The van der Waals surface area contributed by atoms with E-state index in [-0.39, 0.29) is 25.2 Å². The van der Waals surface area contributed by atoms with Gasteiger partial charge in [-0.15, -0.1) is 0 Å². The fraction of sp³-hybridized carbons (Fsp3) is 0.491. The Bertz CT molecular complexity index is 2980. The highest BCUT2D eigenvalue weighted by atomic mass is 19.4. The Morgan fingerprint density at radius 3 is 1.45 bits per heavy atom. The summed E-state index contributed by atoms with van der Waals surface area (Å²) in [6.07, 6.45) is -10.1. The van der Waals surface area contributed by atoms with Crippen LogP contribution >= 0.6 is 0 Å². The maximum atomic E-state index is 12.9. The fourth-order valence-corrected chi connectivity index (χ4v) is 10.6. The number of halogens is 9. The van der Waals surface area contributed by atoms with Crippen LogP contribution in [0, 0.1) is 25.7 Å². The van der Waals surface area contributed by atoms with Gasteiger partial charge in [-0.05, 0) is 139 Å². The highest BCUT2D eigenvalue weighted by molar-refractivity contribution is 5.92. The number of ether oxygens (including phenoxy) is 2. The molecule has 82 heavy (non-hydrogen) atoms. The van der Waals surface area contributed by atoms with Gasteiger partial charge in [0.2, 0.25) is 0 Å². The molecule has 25 heteroatoms. The number of anilines is 4. The first-order valence-electron chi connectivity index (χ1n) is 27.1. The van der Waals surface area contributed by atoms with Gasteiger partial charge in [-0.25, -0.2) is 24.4 Å². The normalized spacial score (nSPS) is 19.7. The number of benzene rings is 2. The van der Waals surface area contributed by atoms with Gasteiger partial charge in [0.25, 0.3) is 0 Å². The van der Waals surface area contributed by atoms with Crippen LogP contribution in [0.2, 0.25) is 0 Å². The molecule has 4 saturated heterocycles. The number of likely N-dealkylation sites (N-methyl/N-ethyl adjacent to an activating group) is 1. The van der Waals surface area contributed by atoms with E-state index in [9.17, 15) is 49.1 Å². The number of carboxylic acid groups (broad SMARTS) is 1. The lowest BCUT2D eigenvalue weighted by Crippen LogP contribution is -2.36. The lowest BCUT2D eigenvalue weighted by Gasteiger charge is -2.29. The summed E-state index contributed by atoms with van der Waals surface area (Å²) in [5, 5.41) is 16.3. The molecule has 0 spiro atoms. The molecule has 0 aliphatic carbocycles. The first-order valence-corrected chi connectivity index (χ1v) is 27.1. The number of aliphatic carboxylic acids is 1. The summed E-state index contributed by atoms with van der Waals surface area (Å²) in [6.45, 7) is 14.0. The summed E-state index contributed by atoms with van der Waals surface area (Å²) >= 11 is 0. The zero-order valence-electron chi connectivity index (χ0n) is 45.7. The van der Waals surface area contributed by atoms with Crippen molar-refractivity contribution in [2.24, 2.45) is 11.8 Å². The second-order valence-corrected chi connectivity index (χ2v) is 21.2. The van der Waals surface area contributed by atoms with Gasteiger partial charge >= 0.3 is 36.6 Å². The minimum Gasteiger partial charge on any atom is -0.475 e. The molecule has 2 atom stereocenters. The van der Waals surface area contributed by atoms with E-state index in [1.807, 2.05) is 50.2 Å². The monoisotopic (exact) mass is 1160 g/mol. The van der Waals surface area contributed by atoms with Crippen LogP contribution in [-0.4, -0.2) is 178 Å². The van der Waals surface area contributed by atoms with Crippen LogP contribution < -0.4 is 25.8 Å². The SMILES string of the molecule is Cc1ccc(NC(=O)N2CC[C@@H](CC(F)(F)F)C2)cc1-c1cc(C2=CCN(C)C2)nc(N2CCOCC2)c1.Cc1ccc(NC(=O)N2CC[C@@H](CC(F)(F)F)C2)cc1-c1cc(C2=CCNC2)nc(N2CCOCC2)c1.O=C(O)C(F)(F)F. The van der Waals surface area contributed by atoms with E-state index < -0.39 is 49.2 Å². The predicted octanol–water partition coefficient (Wildman–Crippen LogP) is 10.3. The highest BCUT2D eigenvalue weighted by Crippen LogP contribution is 2.37. The van der Waals surface area contributed by atoms with Crippen molar-refractivity contribution in [3.63, 3.8) is 0 Å². The Morgan fingerprint density at radius 2 is 1.07 bits per heavy atom. The first-order chi connectivity index (χ1) is 38.8. The maximum absolute atomic E-state index is 12.9. The number of carbonyl (C=O) groups excluding carboxylic acids is 2. The lowest BCUT2D eigenvalue weighted by atomic mass is 9.98. The van der Waals surface area contributed by atoms with E-state index in [0.29, 0.717) is 63.7 Å². The third-order valence-corrected chi connectivity index (χ3v) is 14.9. The molecule has 2 aromatic carbocycles. The molecule has 444 valence electrons. The average Bonchev–Trinajstić information content (AvgIpc) is 4.11. The number of nitrogens with one attached hydrogen (secondary N) is 3. The molecule has 0 radical (unpaired) electrons. The molecule has 0 unspecified atom stereocenters. The number of amides is 4. The standard InChI is InChI=1S/C28H34F3N5O2.C27H32F3N5O2.C2HF3O2/c1-19-3-4-23(32-27(37)36-8-5-20(17-36)16-28(29,30)31)15-24(19)22-13-25(21-6-7-34(2)18-21)33-26(14-22)35-9-11-38-12-10-35;1-18-2-3-22(32-26(36)35-7-5-19(17-35)15-27(28,29)30)14-23(18)21-12-24(20-4-6-31-16-20)33-25(13-21)34-8-10-37-11-9-34;3-2(4,5)1(6)7/h3-4,6,13-15,20H,5,7-12,16-18H2,1-2H3,(H,32,37);2-4,12-14,19,31H,5-11,15-17H2,1H3,(H,32,36);(H,6,7)/t20-;19-;/m00./s1. The molecular formula is C57H67F9N10O6. The first kappa shape index (κ1) is 61.1. The molecule has 16 nitrogen and oxygen atoms in total. The number of carboxylic acids is 1. The summed E-state index contributed by atoms with van der Waals surface area (Å²) in [7, 11) is 2.08. The number of morpholine rings is 2. The number of alkyl halides is 9. The molecule has 4 aromatic rings. The van der Waals surface area contributed by atoms with Crippen LogP contribution in [0.3, 0.4) is 0 Å². The van der Waals surface area contributed by atoms with Crippen LogP contribution in [0.1, 0.15) is 48.2 Å². The molecule has 4 fully saturated rings. The molecule has 4 amide bonds. The van der Waals surface area contributed by atoms with E-state index in [4.69, 9.17) is 29.3 Å². The zero-order chi connectivity index (χ0) is 58.9. The van der Waals surface area contributed by atoms with Crippen LogP contribution in [-0.2, 0) is 14.3 Å². The Kier molecular flexibility index (Phi) is 19.8. The summed E-state index contributed by atoms with van der Waals surface area (Å²) in [5.41, 5.74) is 11.5. The van der Waals surface area contributed by atoms with Crippen molar-refractivity contribution < 1.29 is 68.5 Å². The van der Waals surface area contributed by atoms with Crippen LogP contribution in [0.15, 0.2) is 72.8 Å². The largest absolute Gasteiger partial charge is 0.490 e. The smallest absolute Gasteiger partial charge is 0.475 e. The van der Waals surface area contributed by atoms with Crippen LogP contribution in [0.25, 0.3) is 33.4 Å². The molecule has 2 aromatic heterocycles. The topological polar surface area (TPSA) is 168 Å². The van der Waals surface area contributed by atoms with E-state index in [2.05, 4.69) is 74.1 Å². The van der Waals surface area contributed by atoms with Gasteiger partial charge in [-0.1, -0.05) is 24.3 Å². The van der Waals surface area contributed by atoms with Crippen LogP contribution in [0.5, 0.6) is 0 Å². The van der Waals surface area contributed by atoms with Gasteiger partial charge in [0.15, 0.2) is 0 Å². The molecule has 10 rings (SSSR count). The lowest BCUT2D eigenvalue weighted by molar-refractivity contribution is -0.192. The number of pyridine rings is 2. The van der Waals surface area contributed by atoms with Crippen molar-refractivity contribution in [2.45, 2.75) is 58.1 Å². The van der Waals surface area contributed by atoms with Gasteiger partial charge in [-0.2, -0.15) is 39.5 Å². The van der Waals surface area contributed by atoms with E-state index in [1.165, 1.54) is 15.4 Å². The third kappa shape index (κ3) is 17.1. The molecule has 6 aliphatic rings. The predicted molar refractivity (Wildman–Crippen MR) is 294 cm³/mol. The number of aryl methyl sites for hydroxylation is 2. The number of urea groups is 2. The zero-order valence-corrected chi connectivity index (χ0v) is 45.7. The average molecular weight is 1160 g/mol. The van der Waals surface area contributed by atoms with Crippen molar-refractivity contribution in [3.8, 4) is 22.3 Å². The molecule has 0 saturated carbocycles. The van der Waals surface area contributed by atoms with Gasteiger partial charge < -0.3 is 50.1 Å². The molecule has 8 heterocycles.